The number of hydrogen-bond donors (Lipinski definition) is 1. The van der Waals surface area contributed by atoms with Gasteiger partial charge >= 0.3 is 0 Å². The molecular weight excluding hydrogens is 246 g/mol. The fraction of sp³-hybridized carbons (Fsp3) is 0.333. The molecule has 0 spiro atoms. The van der Waals surface area contributed by atoms with Crippen molar-refractivity contribution in [3.63, 3.8) is 0 Å². The predicted molar refractivity (Wildman–Crippen MR) is 84.0 cm³/mol. The molecule has 106 valence electrons. The summed E-state index contributed by atoms with van der Waals surface area (Å²) in [5.74, 6) is 0.925. The Morgan fingerprint density at radius 3 is 2.20 bits per heavy atom. The molecule has 2 nitrogen and oxygen atoms in total. The molecule has 0 bridgehead atoms. The van der Waals surface area contributed by atoms with Crippen molar-refractivity contribution < 1.29 is 4.74 Å². The van der Waals surface area contributed by atoms with Crippen molar-refractivity contribution in [2.75, 3.05) is 0 Å². The molecule has 0 fully saturated rings. The molecule has 2 heteroatoms. The predicted octanol–water partition coefficient (Wildman–Crippen LogP) is 4.21. The molecule has 0 amide bonds. The lowest BCUT2D eigenvalue weighted by Crippen LogP contribution is -2.05. The van der Waals surface area contributed by atoms with Gasteiger partial charge in [0.25, 0.3) is 0 Å². The second kappa shape index (κ2) is 6.10. The molecule has 1 atom stereocenters. The van der Waals surface area contributed by atoms with E-state index < -0.39 is 0 Å². The van der Waals surface area contributed by atoms with Gasteiger partial charge in [-0.05, 0) is 50.5 Å². The molecule has 0 saturated heterocycles. The average molecular weight is 269 g/mol. The summed E-state index contributed by atoms with van der Waals surface area (Å²) >= 11 is 0. The first-order chi connectivity index (χ1) is 9.45. The highest BCUT2D eigenvalue weighted by Crippen LogP contribution is 2.23. The Hall–Kier alpha value is -1.80. The minimum atomic E-state index is 0.0576. The van der Waals surface area contributed by atoms with Gasteiger partial charge in [0, 0.05) is 6.04 Å². The third kappa shape index (κ3) is 3.61. The number of aryl methyl sites for hydroxylation is 3. The Balaban J connectivity index is 2.11. The highest BCUT2D eigenvalue weighted by molar-refractivity contribution is 5.37. The van der Waals surface area contributed by atoms with Crippen LogP contribution in [0, 0.1) is 20.8 Å². The van der Waals surface area contributed by atoms with Gasteiger partial charge in [0.05, 0.1) is 0 Å². The fourth-order valence-electron chi connectivity index (χ4n) is 2.43. The van der Waals surface area contributed by atoms with Crippen LogP contribution in [0.3, 0.4) is 0 Å². The molecule has 2 N–H and O–H groups in total. The Morgan fingerprint density at radius 2 is 1.65 bits per heavy atom. The van der Waals surface area contributed by atoms with Crippen molar-refractivity contribution >= 4 is 0 Å². The average Bonchev–Trinajstić information content (AvgIpc) is 2.36. The van der Waals surface area contributed by atoms with Crippen LogP contribution in [-0.4, -0.2) is 0 Å². The zero-order valence-electron chi connectivity index (χ0n) is 12.7. The lowest BCUT2D eigenvalue weighted by molar-refractivity contribution is 0.304. The largest absolute Gasteiger partial charge is 0.489 e. The summed E-state index contributed by atoms with van der Waals surface area (Å²) in [6, 6.07) is 12.7. The first-order valence-corrected chi connectivity index (χ1v) is 7.02. The van der Waals surface area contributed by atoms with Gasteiger partial charge in [0.15, 0.2) is 0 Å². The lowest BCUT2D eigenvalue weighted by Gasteiger charge is -2.13. The van der Waals surface area contributed by atoms with Gasteiger partial charge in [0.1, 0.15) is 12.4 Å². The van der Waals surface area contributed by atoms with Gasteiger partial charge in [-0.2, -0.15) is 0 Å². The summed E-state index contributed by atoms with van der Waals surface area (Å²) in [6.07, 6.45) is 0. The summed E-state index contributed by atoms with van der Waals surface area (Å²) in [7, 11) is 0. The van der Waals surface area contributed by atoms with Gasteiger partial charge in [-0.1, -0.05) is 41.5 Å². The quantitative estimate of drug-likeness (QED) is 0.902. The highest BCUT2D eigenvalue weighted by atomic mass is 16.5. The van der Waals surface area contributed by atoms with Crippen LogP contribution >= 0.6 is 0 Å². The minimum absolute atomic E-state index is 0.0576. The first-order valence-electron chi connectivity index (χ1n) is 7.02. The molecule has 0 radical (unpaired) electrons. The Bertz CT molecular complexity index is 582. The summed E-state index contributed by atoms with van der Waals surface area (Å²) in [5.41, 5.74) is 11.9. The van der Waals surface area contributed by atoms with Crippen molar-refractivity contribution in [1.82, 2.24) is 0 Å². The summed E-state index contributed by atoms with van der Waals surface area (Å²) in [6.45, 7) is 8.87. The van der Waals surface area contributed by atoms with Crippen molar-refractivity contribution in [3.05, 3.63) is 64.2 Å². The van der Waals surface area contributed by atoms with Crippen molar-refractivity contribution in [2.24, 2.45) is 5.73 Å². The summed E-state index contributed by atoms with van der Waals surface area (Å²) in [4.78, 5) is 0. The van der Waals surface area contributed by atoms with Gasteiger partial charge in [-0.25, -0.2) is 0 Å². The van der Waals surface area contributed by atoms with E-state index in [1.807, 2.05) is 19.1 Å². The summed E-state index contributed by atoms with van der Waals surface area (Å²) in [5, 5.41) is 0. The van der Waals surface area contributed by atoms with Crippen molar-refractivity contribution in [2.45, 2.75) is 40.3 Å². The van der Waals surface area contributed by atoms with Crippen LogP contribution in [0.25, 0.3) is 0 Å². The third-order valence-electron chi connectivity index (χ3n) is 3.40. The standard InChI is InChI=1S/C18H23NO/c1-12-7-13(2)9-16(8-12)11-20-18-6-5-17(15(4)19)10-14(18)3/h5-10,15H,11,19H2,1-4H3. The normalized spacial score (nSPS) is 12.2. The highest BCUT2D eigenvalue weighted by Gasteiger charge is 2.05. The van der Waals surface area contributed by atoms with Gasteiger partial charge in [-0.15, -0.1) is 0 Å². The maximum absolute atomic E-state index is 5.93. The molecule has 2 aromatic rings. The smallest absolute Gasteiger partial charge is 0.122 e. The topological polar surface area (TPSA) is 35.2 Å². The molecule has 20 heavy (non-hydrogen) atoms. The molecule has 0 heterocycles. The monoisotopic (exact) mass is 269 g/mol. The van der Waals surface area contributed by atoms with Crippen LogP contribution in [0.1, 0.15) is 40.8 Å². The van der Waals surface area contributed by atoms with E-state index in [2.05, 4.69) is 45.0 Å². The SMILES string of the molecule is Cc1cc(C)cc(COc2ccc(C(C)N)cc2C)c1. The Morgan fingerprint density at radius 1 is 1.00 bits per heavy atom. The third-order valence-corrected chi connectivity index (χ3v) is 3.40. The molecule has 0 aliphatic heterocycles. The molecule has 1 unspecified atom stereocenters. The van der Waals surface area contributed by atoms with Crippen LogP contribution in [-0.2, 0) is 6.61 Å². The van der Waals surface area contributed by atoms with Crippen LogP contribution in [0.2, 0.25) is 0 Å². The van der Waals surface area contributed by atoms with Crippen LogP contribution < -0.4 is 10.5 Å². The first kappa shape index (κ1) is 14.6. The minimum Gasteiger partial charge on any atom is -0.489 e. The van der Waals surface area contributed by atoms with E-state index in [4.69, 9.17) is 10.5 Å². The van der Waals surface area contributed by atoms with Gasteiger partial charge in [0.2, 0.25) is 0 Å². The van der Waals surface area contributed by atoms with E-state index in [1.54, 1.807) is 0 Å². The molecule has 0 aliphatic rings. The van der Waals surface area contributed by atoms with E-state index >= 15 is 0 Å². The maximum atomic E-state index is 5.93. The van der Waals surface area contributed by atoms with Crippen LogP contribution in [0.15, 0.2) is 36.4 Å². The molecule has 0 saturated carbocycles. The summed E-state index contributed by atoms with van der Waals surface area (Å²) < 4.78 is 5.93. The Kier molecular flexibility index (Phi) is 4.46. The number of hydrogen-bond acceptors (Lipinski definition) is 2. The van der Waals surface area contributed by atoms with E-state index in [-0.39, 0.29) is 6.04 Å². The second-order valence-corrected chi connectivity index (χ2v) is 5.60. The molecule has 0 aromatic heterocycles. The lowest BCUT2D eigenvalue weighted by atomic mass is 10.1. The number of nitrogens with two attached hydrogens (primary N) is 1. The van der Waals surface area contributed by atoms with Gasteiger partial charge < -0.3 is 10.5 Å². The van der Waals surface area contributed by atoms with E-state index in [0.29, 0.717) is 6.61 Å². The zero-order chi connectivity index (χ0) is 14.7. The van der Waals surface area contributed by atoms with Crippen molar-refractivity contribution in [1.29, 1.82) is 0 Å². The zero-order valence-corrected chi connectivity index (χ0v) is 12.7. The number of ether oxygens (including phenoxy) is 1. The van der Waals surface area contributed by atoms with E-state index in [9.17, 15) is 0 Å². The molecular formula is C18H23NO. The maximum Gasteiger partial charge on any atom is 0.122 e. The molecule has 2 aromatic carbocycles. The number of benzene rings is 2. The second-order valence-electron chi connectivity index (χ2n) is 5.60. The fourth-order valence-corrected chi connectivity index (χ4v) is 2.43. The van der Waals surface area contributed by atoms with Crippen LogP contribution in [0.4, 0.5) is 0 Å². The van der Waals surface area contributed by atoms with Gasteiger partial charge in [-0.3, -0.25) is 0 Å². The van der Waals surface area contributed by atoms with E-state index in [0.717, 1.165) is 16.9 Å². The Labute approximate surface area is 121 Å². The van der Waals surface area contributed by atoms with Crippen molar-refractivity contribution in [3.8, 4) is 5.75 Å². The molecule has 2 rings (SSSR count). The number of rotatable bonds is 4. The van der Waals surface area contributed by atoms with Crippen LogP contribution in [0.5, 0.6) is 5.75 Å². The van der Waals surface area contributed by atoms with E-state index in [1.165, 1.54) is 16.7 Å². The molecule has 0 aliphatic carbocycles.